The van der Waals surface area contributed by atoms with Crippen molar-refractivity contribution in [1.29, 1.82) is 0 Å². The molecule has 104 valence electrons. The number of nitrogens with zero attached hydrogens (tertiary/aromatic N) is 1. The van der Waals surface area contributed by atoms with Gasteiger partial charge in [0.2, 0.25) is 0 Å². The summed E-state index contributed by atoms with van der Waals surface area (Å²) in [6.07, 6.45) is 1.42. The number of furan rings is 1. The Morgan fingerprint density at radius 3 is 2.45 bits per heavy atom. The van der Waals surface area contributed by atoms with E-state index in [1.54, 1.807) is 13.0 Å². The third kappa shape index (κ3) is 3.26. The molecule has 0 radical (unpaired) electrons. The van der Waals surface area contributed by atoms with Gasteiger partial charge < -0.3 is 14.4 Å². The summed E-state index contributed by atoms with van der Waals surface area (Å²) in [5.41, 5.74) is 1.27. The molecule has 0 unspecified atom stereocenters. The molecule has 0 atom stereocenters. The summed E-state index contributed by atoms with van der Waals surface area (Å²) in [7, 11) is 0. The van der Waals surface area contributed by atoms with Gasteiger partial charge in [-0.3, -0.25) is 9.59 Å². The highest BCUT2D eigenvalue weighted by atomic mass is 16.4. The Morgan fingerprint density at radius 2 is 1.90 bits per heavy atom. The maximum absolute atomic E-state index is 12.4. The van der Waals surface area contributed by atoms with Gasteiger partial charge in [0.25, 0.3) is 5.91 Å². The quantitative estimate of drug-likeness (QED) is 0.907. The van der Waals surface area contributed by atoms with Crippen LogP contribution >= 0.6 is 0 Å². The van der Waals surface area contributed by atoms with Crippen molar-refractivity contribution in [3.05, 3.63) is 59.5 Å². The Kier molecular flexibility index (Phi) is 4.20. The lowest BCUT2D eigenvalue weighted by atomic mass is 10.1. The number of rotatable bonds is 5. The fourth-order valence-electron chi connectivity index (χ4n) is 1.94. The van der Waals surface area contributed by atoms with Gasteiger partial charge in [0.15, 0.2) is 0 Å². The summed E-state index contributed by atoms with van der Waals surface area (Å²) < 4.78 is 5.10. The van der Waals surface area contributed by atoms with E-state index in [2.05, 4.69) is 0 Å². The van der Waals surface area contributed by atoms with Crippen LogP contribution in [0, 0.1) is 6.92 Å². The van der Waals surface area contributed by atoms with E-state index in [-0.39, 0.29) is 19.0 Å². The number of carboxylic acid groups (broad SMARTS) is 1. The van der Waals surface area contributed by atoms with Crippen LogP contribution in [0.5, 0.6) is 0 Å². The minimum Gasteiger partial charge on any atom is -0.480 e. The zero-order valence-corrected chi connectivity index (χ0v) is 11.1. The molecule has 1 N–H and O–H groups in total. The Hall–Kier alpha value is -2.56. The van der Waals surface area contributed by atoms with Crippen LogP contribution in [-0.4, -0.2) is 28.4 Å². The molecule has 0 aliphatic rings. The van der Waals surface area contributed by atoms with Gasteiger partial charge in [0.05, 0.1) is 11.8 Å². The van der Waals surface area contributed by atoms with Gasteiger partial charge in [0, 0.05) is 6.54 Å². The number of carbonyl (C=O) groups is 2. The van der Waals surface area contributed by atoms with Crippen LogP contribution in [0.2, 0.25) is 0 Å². The number of aryl methyl sites for hydroxylation is 1. The summed E-state index contributed by atoms with van der Waals surface area (Å²) in [4.78, 5) is 24.6. The molecule has 0 saturated carbocycles. The average molecular weight is 273 g/mol. The van der Waals surface area contributed by atoms with Gasteiger partial charge in [-0.15, -0.1) is 0 Å². The number of benzene rings is 1. The molecule has 5 nitrogen and oxygen atoms in total. The van der Waals surface area contributed by atoms with Gasteiger partial charge >= 0.3 is 5.97 Å². The first kappa shape index (κ1) is 13.9. The fraction of sp³-hybridized carbons (Fsp3) is 0.200. The predicted octanol–water partition coefficient (Wildman–Crippen LogP) is 2.32. The second kappa shape index (κ2) is 6.06. The minimum atomic E-state index is -1.05. The molecule has 0 spiro atoms. The van der Waals surface area contributed by atoms with Gasteiger partial charge in [0.1, 0.15) is 12.3 Å². The molecule has 2 rings (SSSR count). The normalized spacial score (nSPS) is 10.2. The van der Waals surface area contributed by atoms with Crippen molar-refractivity contribution in [2.24, 2.45) is 0 Å². The topological polar surface area (TPSA) is 70.8 Å². The summed E-state index contributed by atoms with van der Waals surface area (Å²) in [5.74, 6) is -0.906. The van der Waals surface area contributed by atoms with Crippen molar-refractivity contribution >= 4 is 11.9 Å². The molecule has 1 heterocycles. The van der Waals surface area contributed by atoms with Gasteiger partial charge in [-0.1, -0.05) is 30.3 Å². The first-order chi connectivity index (χ1) is 9.58. The maximum atomic E-state index is 12.4. The molecule has 0 saturated heterocycles. The second-order valence-corrected chi connectivity index (χ2v) is 4.43. The smallest absolute Gasteiger partial charge is 0.323 e. The number of aliphatic carboxylic acids is 1. The summed E-state index contributed by atoms with van der Waals surface area (Å²) in [6, 6.07) is 10.8. The van der Waals surface area contributed by atoms with Crippen LogP contribution in [0.25, 0.3) is 0 Å². The third-order valence-corrected chi connectivity index (χ3v) is 2.92. The lowest BCUT2D eigenvalue weighted by Gasteiger charge is -2.20. The van der Waals surface area contributed by atoms with E-state index < -0.39 is 5.97 Å². The molecular weight excluding hydrogens is 258 g/mol. The zero-order valence-electron chi connectivity index (χ0n) is 11.1. The van der Waals surface area contributed by atoms with E-state index in [0.29, 0.717) is 11.3 Å². The van der Waals surface area contributed by atoms with Crippen LogP contribution < -0.4 is 0 Å². The predicted molar refractivity (Wildman–Crippen MR) is 72.3 cm³/mol. The molecule has 20 heavy (non-hydrogen) atoms. The van der Waals surface area contributed by atoms with Crippen LogP contribution in [0.1, 0.15) is 21.7 Å². The highest BCUT2D eigenvalue weighted by Crippen LogP contribution is 2.14. The number of amides is 1. The van der Waals surface area contributed by atoms with Crippen molar-refractivity contribution in [1.82, 2.24) is 4.90 Å². The van der Waals surface area contributed by atoms with Crippen LogP contribution in [-0.2, 0) is 11.3 Å². The highest BCUT2D eigenvalue weighted by molar-refractivity contribution is 5.96. The SMILES string of the molecule is Cc1occc1C(=O)N(CC(=O)O)Cc1ccccc1. The Morgan fingerprint density at radius 1 is 1.20 bits per heavy atom. The molecule has 1 amide bonds. The van der Waals surface area contributed by atoms with E-state index in [1.807, 2.05) is 30.3 Å². The van der Waals surface area contributed by atoms with Crippen LogP contribution in [0.4, 0.5) is 0 Å². The van der Waals surface area contributed by atoms with Gasteiger partial charge in [-0.05, 0) is 18.6 Å². The maximum Gasteiger partial charge on any atom is 0.323 e. The van der Waals surface area contributed by atoms with Crippen molar-refractivity contribution < 1.29 is 19.1 Å². The van der Waals surface area contributed by atoms with Crippen molar-refractivity contribution in [2.45, 2.75) is 13.5 Å². The highest BCUT2D eigenvalue weighted by Gasteiger charge is 2.21. The van der Waals surface area contributed by atoms with Crippen LogP contribution in [0.15, 0.2) is 47.1 Å². The van der Waals surface area contributed by atoms with E-state index in [9.17, 15) is 9.59 Å². The van der Waals surface area contributed by atoms with Crippen molar-refractivity contribution in [3.8, 4) is 0 Å². The lowest BCUT2D eigenvalue weighted by Crippen LogP contribution is -2.35. The number of carboxylic acids is 1. The molecule has 5 heteroatoms. The van der Waals surface area contributed by atoms with Crippen LogP contribution in [0.3, 0.4) is 0 Å². The van der Waals surface area contributed by atoms with Crippen molar-refractivity contribution in [3.63, 3.8) is 0 Å². The number of hydrogen-bond acceptors (Lipinski definition) is 3. The summed E-state index contributed by atoms with van der Waals surface area (Å²) in [5, 5.41) is 8.96. The van der Waals surface area contributed by atoms with Crippen molar-refractivity contribution in [2.75, 3.05) is 6.54 Å². The Labute approximate surface area is 116 Å². The summed E-state index contributed by atoms with van der Waals surface area (Å²) >= 11 is 0. The third-order valence-electron chi connectivity index (χ3n) is 2.92. The molecule has 0 aliphatic carbocycles. The first-order valence-electron chi connectivity index (χ1n) is 6.17. The zero-order chi connectivity index (χ0) is 14.5. The Balaban J connectivity index is 2.21. The molecule has 0 fully saturated rings. The van der Waals surface area contributed by atoms with E-state index >= 15 is 0 Å². The average Bonchev–Trinajstić information content (AvgIpc) is 2.84. The van der Waals surface area contributed by atoms with E-state index in [4.69, 9.17) is 9.52 Å². The molecule has 0 aliphatic heterocycles. The molecule has 2 aromatic rings. The lowest BCUT2D eigenvalue weighted by molar-refractivity contribution is -0.137. The largest absolute Gasteiger partial charge is 0.480 e. The van der Waals surface area contributed by atoms with E-state index in [0.717, 1.165) is 5.56 Å². The molecular formula is C15H15NO4. The minimum absolute atomic E-state index is 0.247. The number of carbonyl (C=O) groups excluding carboxylic acids is 1. The standard InChI is InChI=1S/C15H15NO4/c1-11-13(7-8-20-11)15(19)16(10-14(17)18)9-12-5-3-2-4-6-12/h2-8H,9-10H2,1H3,(H,17,18). The molecule has 0 bridgehead atoms. The summed E-state index contributed by atoms with van der Waals surface area (Å²) in [6.45, 7) is 1.57. The van der Waals surface area contributed by atoms with E-state index in [1.165, 1.54) is 11.2 Å². The van der Waals surface area contributed by atoms with Gasteiger partial charge in [-0.2, -0.15) is 0 Å². The first-order valence-corrected chi connectivity index (χ1v) is 6.17. The molecule has 1 aromatic heterocycles. The Bertz CT molecular complexity index is 603. The fourth-order valence-corrected chi connectivity index (χ4v) is 1.94. The van der Waals surface area contributed by atoms with Gasteiger partial charge in [-0.25, -0.2) is 0 Å². The number of hydrogen-bond donors (Lipinski definition) is 1. The second-order valence-electron chi connectivity index (χ2n) is 4.43. The monoisotopic (exact) mass is 273 g/mol. The molecule has 1 aromatic carbocycles.